The van der Waals surface area contributed by atoms with Gasteiger partial charge in [0.25, 0.3) is 10.0 Å². The Morgan fingerprint density at radius 3 is 1.66 bits per heavy atom. The minimum Gasteiger partial charge on any atom is -0.448 e. The van der Waals surface area contributed by atoms with Crippen molar-refractivity contribution in [3.63, 3.8) is 0 Å². The topological polar surface area (TPSA) is 70.2 Å². The van der Waals surface area contributed by atoms with Crippen LogP contribution in [0.1, 0.15) is 35.1 Å². The second-order valence-corrected chi connectivity index (χ2v) is 15.0. The fourth-order valence-electron chi connectivity index (χ4n) is 6.72. The lowest BCUT2D eigenvalue weighted by Crippen LogP contribution is -2.49. The van der Waals surface area contributed by atoms with Gasteiger partial charge in [-0.2, -0.15) is 13.2 Å². The Morgan fingerprint density at radius 1 is 0.698 bits per heavy atom. The number of para-hydroxylation sites is 1. The Hall–Kier alpha value is -5.13. The first-order chi connectivity index (χ1) is 25.6. The highest BCUT2D eigenvalue weighted by molar-refractivity contribution is 7.92. The number of benzene rings is 5. The highest BCUT2D eigenvalue weighted by Gasteiger charge is 2.37. The summed E-state index contributed by atoms with van der Waals surface area (Å²) in [7, 11) is -4.24. The van der Waals surface area contributed by atoms with E-state index in [9.17, 15) is 26.4 Å². The van der Waals surface area contributed by atoms with E-state index in [0.29, 0.717) is 38.0 Å². The first kappa shape index (κ1) is 37.6. The van der Waals surface area contributed by atoms with Crippen LogP contribution in [-0.4, -0.2) is 56.1 Å². The molecular formula is C42H42F3N3O4S. The highest BCUT2D eigenvalue weighted by Crippen LogP contribution is 2.33. The number of nitrogens with zero attached hydrogens (tertiary/aromatic N) is 3. The van der Waals surface area contributed by atoms with Gasteiger partial charge in [0.2, 0.25) is 0 Å². The fourth-order valence-corrected chi connectivity index (χ4v) is 8.43. The zero-order chi connectivity index (χ0) is 37.3. The normalized spacial score (nSPS) is 14.5. The summed E-state index contributed by atoms with van der Waals surface area (Å²) in [4.78, 5) is 17.3. The molecule has 0 bridgehead atoms. The molecule has 276 valence electrons. The average Bonchev–Trinajstić information content (AvgIpc) is 3.18. The standard InChI is InChI=1S/C42H42F3N3O4S/c43-42(44,45)36-21-23-40(24-22-36)53(50,51)48(37-19-11-4-12-20-37)38-25-27-46(28-26-38)41(49)52-32-39(29-33-13-5-1-6-14-33)47(30-34-15-7-2-8-16-34)31-35-17-9-3-10-18-35/h1-24,38-39H,25-32H2/t39-/m0/s1. The molecule has 1 amide bonds. The van der Waals surface area contributed by atoms with Gasteiger partial charge in [0, 0.05) is 38.3 Å². The van der Waals surface area contributed by atoms with Crippen LogP contribution in [0.4, 0.5) is 23.7 Å². The van der Waals surface area contributed by atoms with Crippen molar-refractivity contribution in [3.05, 3.63) is 168 Å². The second kappa shape index (κ2) is 17.1. The Labute approximate surface area is 309 Å². The summed E-state index contributed by atoms with van der Waals surface area (Å²) in [6.07, 6.45) is -3.79. The fraction of sp³-hybridized carbons (Fsp3) is 0.262. The average molecular weight is 742 g/mol. The van der Waals surface area contributed by atoms with Gasteiger partial charge in [-0.05, 0) is 72.4 Å². The van der Waals surface area contributed by atoms with Crippen LogP contribution >= 0.6 is 0 Å². The van der Waals surface area contributed by atoms with Gasteiger partial charge in [0.1, 0.15) is 6.61 Å². The van der Waals surface area contributed by atoms with Gasteiger partial charge < -0.3 is 9.64 Å². The monoisotopic (exact) mass is 741 g/mol. The number of hydrogen-bond acceptors (Lipinski definition) is 5. The number of hydrogen-bond donors (Lipinski definition) is 0. The van der Waals surface area contributed by atoms with Crippen molar-refractivity contribution in [2.45, 2.75) is 55.5 Å². The Morgan fingerprint density at radius 2 is 1.17 bits per heavy atom. The lowest BCUT2D eigenvalue weighted by Gasteiger charge is -2.39. The Kier molecular flexibility index (Phi) is 12.2. The number of anilines is 1. The number of likely N-dealkylation sites (tertiary alicyclic amines) is 1. The molecule has 1 aliphatic heterocycles. The molecule has 0 saturated carbocycles. The van der Waals surface area contributed by atoms with Crippen LogP contribution in [-0.2, 0) is 40.4 Å². The third-order valence-corrected chi connectivity index (χ3v) is 11.4. The third-order valence-electron chi connectivity index (χ3n) is 9.49. The Balaban J connectivity index is 1.17. The lowest BCUT2D eigenvalue weighted by molar-refractivity contribution is -0.137. The number of sulfonamides is 1. The zero-order valence-corrected chi connectivity index (χ0v) is 30.0. The first-order valence-electron chi connectivity index (χ1n) is 17.6. The van der Waals surface area contributed by atoms with Gasteiger partial charge in [0.05, 0.1) is 16.1 Å². The molecule has 1 fully saturated rings. The molecule has 1 atom stereocenters. The van der Waals surface area contributed by atoms with E-state index in [1.54, 1.807) is 35.2 Å². The minimum atomic E-state index is -4.59. The predicted molar refractivity (Wildman–Crippen MR) is 200 cm³/mol. The number of carbonyl (C=O) groups excluding carboxylic acids is 1. The van der Waals surface area contributed by atoms with Crippen LogP contribution in [0.15, 0.2) is 150 Å². The molecule has 7 nitrogen and oxygen atoms in total. The molecular weight excluding hydrogens is 700 g/mol. The van der Waals surface area contributed by atoms with Crippen LogP contribution in [0.2, 0.25) is 0 Å². The van der Waals surface area contributed by atoms with Crippen LogP contribution in [0, 0.1) is 0 Å². The maximum atomic E-state index is 14.0. The SMILES string of the molecule is O=C(OC[C@H](Cc1ccccc1)N(Cc1ccccc1)Cc1ccccc1)N1CCC(N(c2ccccc2)S(=O)(=O)c2ccc(C(F)(F)F)cc2)CC1. The van der Waals surface area contributed by atoms with E-state index in [1.165, 1.54) is 4.31 Å². The van der Waals surface area contributed by atoms with Crippen LogP contribution < -0.4 is 4.31 Å². The van der Waals surface area contributed by atoms with Gasteiger partial charge in [-0.1, -0.05) is 109 Å². The summed E-state index contributed by atoms with van der Waals surface area (Å²) < 4.78 is 75.0. The number of carbonyl (C=O) groups is 1. The molecule has 5 aromatic rings. The molecule has 0 aliphatic carbocycles. The van der Waals surface area contributed by atoms with E-state index < -0.39 is 33.9 Å². The summed E-state index contributed by atoms with van der Waals surface area (Å²) in [5.41, 5.74) is 2.88. The Bertz CT molecular complexity index is 1950. The van der Waals surface area contributed by atoms with E-state index in [-0.39, 0.29) is 30.6 Å². The minimum absolute atomic E-state index is 0.145. The maximum Gasteiger partial charge on any atom is 0.416 e. The van der Waals surface area contributed by atoms with E-state index in [1.807, 2.05) is 54.6 Å². The zero-order valence-electron chi connectivity index (χ0n) is 29.2. The summed E-state index contributed by atoms with van der Waals surface area (Å²) in [5.74, 6) is 0. The third kappa shape index (κ3) is 9.85. The van der Waals surface area contributed by atoms with Crippen LogP contribution in [0.25, 0.3) is 0 Å². The van der Waals surface area contributed by atoms with Crippen molar-refractivity contribution in [1.29, 1.82) is 0 Å². The molecule has 0 unspecified atom stereocenters. The first-order valence-corrected chi connectivity index (χ1v) is 19.1. The lowest BCUT2D eigenvalue weighted by atomic mass is 10.0. The van der Waals surface area contributed by atoms with Crippen molar-refractivity contribution in [2.24, 2.45) is 0 Å². The molecule has 11 heteroatoms. The van der Waals surface area contributed by atoms with Gasteiger partial charge in [-0.3, -0.25) is 9.21 Å². The number of piperidine rings is 1. The molecule has 0 spiro atoms. The van der Waals surface area contributed by atoms with E-state index >= 15 is 0 Å². The molecule has 1 aliphatic rings. The van der Waals surface area contributed by atoms with E-state index in [0.717, 1.165) is 41.0 Å². The van der Waals surface area contributed by atoms with Crippen molar-refractivity contribution in [2.75, 3.05) is 24.0 Å². The van der Waals surface area contributed by atoms with Crippen molar-refractivity contribution in [1.82, 2.24) is 9.80 Å². The molecule has 53 heavy (non-hydrogen) atoms. The summed E-state index contributed by atoms with van der Waals surface area (Å²) in [6, 6.07) is 41.8. The molecule has 0 N–H and O–H groups in total. The summed E-state index contributed by atoms with van der Waals surface area (Å²) in [5, 5.41) is 0. The van der Waals surface area contributed by atoms with Crippen molar-refractivity contribution in [3.8, 4) is 0 Å². The summed E-state index contributed by atoms with van der Waals surface area (Å²) >= 11 is 0. The number of alkyl halides is 3. The van der Waals surface area contributed by atoms with Gasteiger partial charge in [-0.15, -0.1) is 0 Å². The maximum absolute atomic E-state index is 14.0. The quantitative estimate of drug-likeness (QED) is 0.121. The van der Waals surface area contributed by atoms with Gasteiger partial charge in [-0.25, -0.2) is 13.2 Å². The van der Waals surface area contributed by atoms with Gasteiger partial charge >= 0.3 is 12.3 Å². The molecule has 1 saturated heterocycles. The summed E-state index contributed by atoms with van der Waals surface area (Å²) in [6.45, 7) is 1.94. The predicted octanol–water partition coefficient (Wildman–Crippen LogP) is 8.82. The van der Waals surface area contributed by atoms with Crippen LogP contribution in [0.3, 0.4) is 0 Å². The largest absolute Gasteiger partial charge is 0.448 e. The second-order valence-electron chi connectivity index (χ2n) is 13.2. The van der Waals surface area contributed by atoms with Crippen molar-refractivity contribution < 1.29 is 31.1 Å². The highest BCUT2D eigenvalue weighted by atomic mass is 32.2. The van der Waals surface area contributed by atoms with Crippen molar-refractivity contribution >= 4 is 21.8 Å². The van der Waals surface area contributed by atoms with Gasteiger partial charge in [0.15, 0.2) is 0 Å². The van der Waals surface area contributed by atoms with Crippen LogP contribution in [0.5, 0.6) is 0 Å². The van der Waals surface area contributed by atoms with E-state index in [4.69, 9.17) is 4.74 Å². The molecule has 1 heterocycles. The number of ether oxygens (including phenoxy) is 1. The number of amides is 1. The molecule has 0 radical (unpaired) electrons. The molecule has 5 aromatic carbocycles. The smallest absolute Gasteiger partial charge is 0.416 e. The number of rotatable bonds is 13. The number of halogens is 3. The molecule has 6 rings (SSSR count). The van der Waals surface area contributed by atoms with E-state index in [2.05, 4.69) is 41.3 Å². The molecule has 0 aromatic heterocycles.